The van der Waals surface area contributed by atoms with E-state index in [4.69, 9.17) is 4.74 Å². The van der Waals surface area contributed by atoms with Crippen LogP contribution in [-0.4, -0.2) is 50.8 Å². The second kappa shape index (κ2) is 8.90. The average Bonchev–Trinajstić information content (AvgIpc) is 2.37. The van der Waals surface area contributed by atoms with Gasteiger partial charge < -0.3 is 15.0 Å². The lowest BCUT2D eigenvalue weighted by Gasteiger charge is -2.35. The lowest BCUT2D eigenvalue weighted by molar-refractivity contribution is 0.142. The van der Waals surface area contributed by atoms with Crippen LogP contribution >= 0.6 is 0 Å². The van der Waals surface area contributed by atoms with E-state index in [9.17, 15) is 0 Å². The van der Waals surface area contributed by atoms with Gasteiger partial charge in [-0.1, -0.05) is 6.92 Å². The lowest BCUT2D eigenvalue weighted by Crippen LogP contribution is -2.41. The summed E-state index contributed by atoms with van der Waals surface area (Å²) in [5.41, 5.74) is 0. The highest BCUT2D eigenvalue weighted by Gasteiger charge is 2.22. The van der Waals surface area contributed by atoms with E-state index < -0.39 is 0 Å². The molecule has 102 valence electrons. The molecule has 0 heterocycles. The molecule has 1 aliphatic carbocycles. The van der Waals surface area contributed by atoms with Crippen LogP contribution in [0.15, 0.2) is 0 Å². The van der Waals surface area contributed by atoms with Gasteiger partial charge in [0.2, 0.25) is 0 Å². The third kappa shape index (κ3) is 5.84. The topological polar surface area (TPSA) is 24.5 Å². The van der Waals surface area contributed by atoms with Gasteiger partial charge in [0, 0.05) is 32.3 Å². The minimum Gasteiger partial charge on any atom is -0.385 e. The summed E-state index contributed by atoms with van der Waals surface area (Å²) in [7, 11) is 4.05. The fourth-order valence-corrected chi connectivity index (χ4v) is 2.71. The van der Waals surface area contributed by atoms with E-state index in [2.05, 4.69) is 24.2 Å². The minimum atomic E-state index is 0.776. The molecule has 0 spiro atoms. The van der Waals surface area contributed by atoms with Crippen LogP contribution in [0.25, 0.3) is 0 Å². The van der Waals surface area contributed by atoms with Gasteiger partial charge in [0.1, 0.15) is 0 Å². The summed E-state index contributed by atoms with van der Waals surface area (Å²) in [5, 5.41) is 3.64. The van der Waals surface area contributed by atoms with Gasteiger partial charge in [-0.15, -0.1) is 0 Å². The molecule has 0 aromatic carbocycles. The number of nitrogens with one attached hydrogen (secondary N) is 1. The molecule has 3 nitrogen and oxygen atoms in total. The Morgan fingerprint density at radius 1 is 1.24 bits per heavy atom. The summed E-state index contributed by atoms with van der Waals surface area (Å²) >= 11 is 0. The first kappa shape index (κ1) is 14.9. The number of hydrogen-bond donors (Lipinski definition) is 1. The monoisotopic (exact) mass is 242 g/mol. The molecular formula is C14H30N2O. The normalized spacial score (nSPS) is 25.4. The molecule has 0 atom stereocenters. The molecule has 1 aliphatic rings. The molecule has 0 saturated heterocycles. The van der Waals surface area contributed by atoms with Gasteiger partial charge in [0.05, 0.1) is 0 Å². The van der Waals surface area contributed by atoms with Crippen LogP contribution in [0.1, 0.15) is 45.4 Å². The fraction of sp³-hybridized carbons (Fsp3) is 1.00. The van der Waals surface area contributed by atoms with Gasteiger partial charge in [-0.25, -0.2) is 0 Å². The van der Waals surface area contributed by atoms with Gasteiger partial charge >= 0.3 is 0 Å². The first-order chi connectivity index (χ1) is 8.27. The highest BCUT2D eigenvalue weighted by atomic mass is 16.5. The molecule has 3 heteroatoms. The Kier molecular flexibility index (Phi) is 7.82. The largest absolute Gasteiger partial charge is 0.385 e. The molecule has 0 aliphatic heterocycles. The molecule has 0 aromatic heterocycles. The summed E-state index contributed by atoms with van der Waals surface area (Å²) in [6, 6.07) is 1.57. The van der Waals surface area contributed by atoms with Crippen molar-refractivity contribution >= 4 is 0 Å². The van der Waals surface area contributed by atoms with E-state index >= 15 is 0 Å². The molecule has 0 amide bonds. The predicted octanol–water partition coefficient (Wildman–Crippen LogP) is 2.27. The molecule has 1 saturated carbocycles. The molecular weight excluding hydrogens is 212 g/mol. The Labute approximate surface area is 107 Å². The molecule has 1 N–H and O–H groups in total. The maximum atomic E-state index is 5.10. The fourth-order valence-electron chi connectivity index (χ4n) is 2.71. The van der Waals surface area contributed by atoms with E-state index in [0.29, 0.717) is 0 Å². The SMILES string of the molecule is CCCNC1CCC(N(C)CCCOC)CC1. The smallest absolute Gasteiger partial charge is 0.0474 e. The Hall–Kier alpha value is -0.120. The quantitative estimate of drug-likeness (QED) is 0.661. The zero-order chi connectivity index (χ0) is 12.5. The Bertz CT molecular complexity index is 179. The van der Waals surface area contributed by atoms with Crippen LogP contribution in [0, 0.1) is 0 Å². The van der Waals surface area contributed by atoms with Crippen molar-refractivity contribution in [1.82, 2.24) is 10.2 Å². The van der Waals surface area contributed by atoms with Crippen molar-refractivity contribution in [2.45, 2.75) is 57.5 Å². The molecule has 0 aromatic rings. The van der Waals surface area contributed by atoms with Crippen molar-refractivity contribution in [3.63, 3.8) is 0 Å². The van der Waals surface area contributed by atoms with Gasteiger partial charge in [0.25, 0.3) is 0 Å². The lowest BCUT2D eigenvalue weighted by atomic mass is 9.90. The van der Waals surface area contributed by atoms with E-state index in [1.165, 1.54) is 45.2 Å². The Balaban J connectivity index is 2.12. The molecule has 1 rings (SSSR count). The van der Waals surface area contributed by atoms with Crippen LogP contribution < -0.4 is 5.32 Å². The van der Waals surface area contributed by atoms with Crippen molar-refractivity contribution in [1.29, 1.82) is 0 Å². The highest BCUT2D eigenvalue weighted by molar-refractivity contribution is 4.81. The third-order valence-electron chi connectivity index (χ3n) is 3.86. The van der Waals surface area contributed by atoms with Crippen LogP contribution in [0.5, 0.6) is 0 Å². The first-order valence-corrected chi connectivity index (χ1v) is 7.20. The molecule has 0 bridgehead atoms. The van der Waals surface area contributed by atoms with Crippen LogP contribution in [0.4, 0.5) is 0 Å². The van der Waals surface area contributed by atoms with E-state index in [1.807, 2.05) is 0 Å². The van der Waals surface area contributed by atoms with Gasteiger partial charge in [-0.3, -0.25) is 0 Å². The number of nitrogens with zero attached hydrogens (tertiary/aromatic N) is 1. The highest BCUT2D eigenvalue weighted by Crippen LogP contribution is 2.22. The van der Waals surface area contributed by atoms with Crippen LogP contribution in [-0.2, 0) is 4.74 Å². The van der Waals surface area contributed by atoms with Gasteiger partial charge in [-0.2, -0.15) is 0 Å². The molecule has 1 fully saturated rings. The second-order valence-corrected chi connectivity index (χ2v) is 5.29. The van der Waals surface area contributed by atoms with E-state index in [0.717, 1.165) is 25.1 Å². The number of rotatable bonds is 8. The second-order valence-electron chi connectivity index (χ2n) is 5.29. The minimum absolute atomic E-state index is 0.776. The molecule has 17 heavy (non-hydrogen) atoms. The van der Waals surface area contributed by atoms with Gasteiger partial charge in [0.15, 0.2) is 0 Å². The zero-order valence-electron chi connectivity index (χ0n) is 11.9. The Morgan fingerprint density at radius 3 is 2.53 bits per heavy atom. The van der Waals surface area contributed by atoms with Crippen molar-refractivity contribution in [3.05, 3.63) is 0 Å². The van der Waals surface area contributed by atoms with E-state index in [1.54, 1.807) is 7.11 Å². The third-order valence-corrected chi connectivity index (χ3v) is 3.86. The van der Waals surface area contributed by atoms with Crippen LogP contribution in [0.2, 0.25) is 0 Å². The van der Waals surface area contributed by atoms with Crippen molar-refractivity contribution in [2.24, 2.45) is 0 Å². The predicted molar refractivity (Wildman–Crippen MR) is 73.5 cm³/mol. The number of hydrogen-bond acceptors (Lipinski definition) is 3. The average molecular weight is 242 g/mol. The van der Waals surface area contributed by atoms with Crippen LogP contribution in [0.3, 0.4) is 0 Å². The van der Waals surface area contributed by atoms with E-state index in [-0.39, 0.29) is 0 Å². The maximum Gasteiger partial charge on any atom is 0.0474 e. The number of methoxy groups -OCH3 is 1. The molecule has 0 radical (unpaired) electrons. The Morgan fingerprint density at radius 2 is 1.94 bits per heavy atom. The maximum absolute atomic E-state index is 5.10. The summed E-state index contributed by atoms with van der Waals surface area (Å²) in [6.07, 6.45) is 7.80. The summed E-state index contributed by atoms with van der Waals surface area (Å²) in [5.74, 6) is 0. The standard InChI is InChI=1S/C14H30N2O/c1-4-10-15-13-6-8-14(9-7-13)16(2)11-5-12-17-3/h13-15H,4-12H2,1-3H3. The molecule has 0 unspecified atom stereocenters. The first-order valence-electron chi connectivity index (χ1n) is 7.20. The van der Waals surface area contributed by atoms with Crippen molar-refractivity contribution in [3.8, 4) is 0 Å². The summed E-state index contributed by atoms with van der Waals surface area (Å²) in [6.45, 7) is 5.48. The van der Waals surface area contributed by atoms with Crippen molar-refractivity contribution < 1.29 is 4.74 Å². The van der Waals surface area contributed by atoms with Crippen molar-refractivity contribution in [2.75, 3.05) is 33.9 Å². The number of ether oxygens (including phenoxy) is 1. The zero-order valence-corrected chi connectivity index (χ0v) is 11.9. The summed E-state index contributed by atoms with van der Waals surface area (Å²) < 4.78 is 5.10. The van der Waals surface area contributed by atoms with Gasteiger partial charge in [-0.05, 0) is 52.1 Å². The summed E-state index contributed by atoms with van der Waals surface area (Å²) in [4.78, 5) is 2.52.